The Morgan fingerprint density at radius 1 is 1.26 bits per heavy atom. The van der Waals surface area contributed by atoms with Crippen molar-refractivity contribution in [3.05, 3.63) is 59.7 Å². The quantitative estimate of drug-likeness (QED) is 0.777. The van der Waals surface area contributed by atoms with E-state index in [1.165, 1.54) is 12.1 Å². The summed E-state index contributed by atoms with van der Waals surface area (Å²) in [6.45, 7) is 2.23. The maximum absolute atomic E-state index is 13.3. The largest absolute Gasteiger partial charge is 0.325 e. The lowest BCUT2D eigenvalue weighted by Crippen LogP contribution is -2.21. The molecule has 0 atom stereocenters. The predicted octanol–water partition coefficient (Wildman–Crippen LogP) is 2.58. The number of rotatable bonds is 4. The molecule has 1 aromatic heterocycles. The van der Waals surface area contributed by atoms with E-state index in [1.807, 2.05) is 31.2 Å². The van der Waals surface area contributed by atoms with Crippen LogP contribution in [0.2, 0.25) is 0 Å². The van der Waals surface area contributed by atoms with Crippen molar-refractivity contribution in [2.45, 2.75) is 20.0 Å². The Hall–Kier alpha value is -2.73. The van der Waals surface area contributed by atoms with E-state index >= 15 is 0 Å². The van der Waals surface area contributed by atoms with Gasteiger partial charge in [-0.15, -0.1) is 0 Å². The molecule has 0 radical (unpaired) electrons. The molecule has 0 saturated heterocycles. The van der Waals surface area contributed by atoms with E-state index in [-0.39, 0.29) is 24.8 Å². The number of anilines is 1. The predicted molar refractivity (Wildman–Crippen MR) is 87.4 cm³/mol. The van der Waals surface area contributed by atoms with E-state index in [9.17, 15) is 9.18 Å². The Bertz CT molecular complexity index is 855. The first-order chi connectivity index (χ1) is 11.1. The molecule has 3 N–H and O–H groups in total. The molecule has 3 aromatic rings. The minimum absolute atomic E-state index is 0.0720. The topological polar surface area (TPSA) is 72.9 Å². The van der Waals surface area contributed by atoms with Crippen LogP contribution in [0.15, 0.2) is 42.5 Å². The van der Waals surface area contributed by atoms with Gasteiger partial charge in [0.25, 0.3) is 0 Å². The Labute approximate surface area is 132 Å². The molecule has 0 fully saturated rings. The Morgan fingerprint density at radius 3 is 2.70 bits per heavy atom. The lowest BCUT2D eigenvalue weighted by atomic mass is 10.2. The van der Waals surface area contributed by atoms with Crippen LogP contribution >= 0.6 is 0 Å². The molecule has 23 heavy (non-hydrogen) atoms. The molecule has 0 aliphatic rings. The average Bonchev–Trinajstić information content (AvgIpc) is 2.86. The number of carbonyl (C=O) groups excluding carboxylic acids is 1. The summed E-state index contributed by atoms with van der Waals surface area (Å²) in [6, 6.07) is 11.8. The number of carbonyl (C=O) groups is 1. The minimum atomic E-state index is -0.366. The third kappa shape index (κ3) is 3.22. The molecule has 0 saturated carbocycles. The number of hydrogen-bond acceptors (Lipinski definition) is 3. The highest BCUT2D eigenvalue weighted by Crippen LogP contribution is 2.18. The molecule has 5 nitrogen and oxygen atoms in total. The number of aromatic nitrogens is 2. The summed E-state index contributed by atoms with van der Waals surface area (Å²) < 4.78 is 15.0. The second kappa shape index (κ2) is 6.18. The van der Waals surface area contributed by atoms with Crippen molar-refractivity contribution >= 4 is 22.6 Å². The van der Waals surface area contributed by atoms with Crippen LogP contribution in [-0.4, -0.2) is 15.5 Å². The van der Waals surface area contributed by atoms with Crippen LogP contribution in [0, 0.1) is 12.7 Å². The first kappa shape index (κ1) is 15.2. The molecule has 0 unspecified atom stereocenters. The second-order valence-corrected chi connectivity index (χ2v) is 5.37. The van der Waals surface area contributed by atoms with E-state index in [1.54, 1.807) is 10.6 Å². The minimum Gasteiger partial charge on any atom is -0.325 e. The van der Waals surface area contributed by atoms with Crippen LogP contribution < -0.4 is 11.1 Å². The zero-order chi connectivity index (χ0) is 16.4. The lowest BCUT2D eigenvalue weighted by Gasteiger charge is -2.09. The van der Waals surface area contributed by atoms with Crippen LogP contribution in [0.3, 0.4) is 0 Å². The second-order valence-electron chi connectivity index (χ2n) is 5.37. The zero-order valence-corrected chi connectivity index (χ0v) is 12.7. The summed E-state index contributed by atoms with van der Waals surface area (Å²) in [5, 5.41) is 2.83. The summed E-state index contributed by atoms with van der Waals surface area (Å²) in [5.41, 5.74) is 8.72. The van der Waals surface area contributed by atoms with Crippen LogP contribution in [0.1, 0.15) is 11.4 Å². The molecule has 0 aliphatic carbocycles. The molecule has 6 heteroatoms. The summed E-state index contributed by atoms with van der Waals surface area (Å²) in [7, 11) is 0. The number of amides is 1. The van der Waals surface area contributed by atoms with Gasteiger partial charge in [-0.05, 0) is 31.2 Å². The molecule has 1 heterocycles. The maximum Gasteiger partial charge on any atom is 0.244 e. The van der Waals surface area contributed by atoms with Gasteiger partial charge in [0.05, 0.1) is 17.6 Å². The fourth-order valence-corrected chi connectivity index (χ4v) is 2.47. The Kier molecular flexibility index (Phi) is 4.08. The van der Waals surface area contributed by atoms with Crippen molar-refractivity contribution in [2.75, 3.05) is 5.32 Å². The summed E-state index contributed by atoms with van der Waals surface area (Å²) >= 11 is 0. The number of aryl methyl sites for hydroxylation is 1. The van der Waals surface area contributed by atoms with E-state index in [4.69, 9.17) is 5.73 Å². The average molecular weight is 312 g/mol. The summed E-state index contributed by atoms with van der Waals surface area (Å²) in [5.74, 6) is -0.00772. The zero-order valence-electron chi connectivity index (χ0n) is 12.7. The van der Waals surface area contributed by atoms with Gasteiger partial charge in [-0.1, -0.05) is 17.7 Å². The Balaban J connectivity index is 1.85. The number of nitrogens with one attached hydrogen (secondary N) is 1. The molecule has 1 amide bonds. The van der Waals surface area contributed by atoms with E-state index in [0.717, 1.165) is 11.3 Å². The van der Waals surface area contributed by atoms with Crippen LogP contribution in [0.25, 0.3) is 11.0 Å². The van der Waals surface area contributed by atoms with E-state index < -0.39 is 0 Å². The number of fused-ring (bicyclic) bond motifs is 1. The van der Waals surface area contributed by atoms with Crippen molar-refractivity contribution in [1.29, 1.82) is 0 Å². The number of hydrogen-bond donors (Lipinski definition) is 2. The molecule has 3 rings (SSSR count). The molecular weight excluding hydrogens is 295 g/mol. The monoisotopic (exact) mass is 312 g/mol. The first-order valence-electron chi connectivity index (χ1n) is 7.28. The van der Waals surface area contributed by atoms with Gasteiger partial charge < -0.3 is 15.6 Å². The van der Waals surface area contributed by atoms with Crippen molar-refractivity contribution < 1.29 is 9.18 Å². The highest BCUT2D eigenvalue weighted by molar-refractivity contribution is 5.91. The molecule has 0 spiro atoms. The summed E-state index contributed by atoms with van der Waals surface area (Å²) in [4.78, 5) is 16.6. The SMILES string of the molecule is Cc1ccc(NC(=O)Cn2c(CN)nc3cc(F)ccc32)cc1. The van der Waals surface area contributed by atoms with Gasteiger partial charge in [0, 0.05) is 11.8 Å². The van der Waals surface area contributed by atoms with E-state index in [0.29, 0.717) is 16.9 Å². The first-order valence-corrected chi connectivity index (χ1v) is 7.28. The number of halogens is 1. The van der Waals surface area contributed by atoms with Crippen LogP contribution in [0.5, 0.6) is 0 Å². The van der Waals surface area contributed by atoms with Crippen molar-refractivity contribution in [3.63, 3.8) is 0 Å². The van der Waals surface area contributed by atoms with Gasteiger partial charge >= 0.3 is 0 Å². The molecular formula is C17H17FN4O. The third-order valence-corrected chi connectivity index (χ3v) is 3.61. The maximum atomic E-state index is 13.3. The van der Waals surface area contributed by atoms with E-state index in [2.05, 4.69) is 10.3 Å². The van der Waals surface area contributed by atoms with Crippen molar-refractivity contribution in [3.8, 4) is 0 Å². The fourth-order valence-electron chi connectivity index (χ4n) is 2.47. The fraction of sp³-hybridized carbons (Fsp3) is 0.176. The smallest absolute Gasteiger partial charge is 0.244 e. The molecule has 118 valence electrons. The number of imidazole rings is 1. The highest BCUT2D eigenvalue weighted by atomic mass is 19.1. The standard InChI is InChI=1S/C17H17FN4O/c1-11-2-5-13(6-3-11)20-17(23)10-22-15-7-4-12(18)8-14(15)21-16(22)9-19/h2-8H,9-10,19H2,1H3,(H,20,23). The third-order valence-electron chi connectivity index (χ3n) is 3.61. The van der Waals surface area contributed by atoms with Crippen molar-refractivity contribution in [1.82, 2.24) is 9.55 Å². The van der Waals surface area contributed by atoms with Crippen LogP contribution in [-0.2, 0) is 17.9 Å². The van der Waals surface area contributed by atoms with Gasteiger partial charge in [0.1, 0.15) is 18.2 Å². The number of nitrogens with zero attached hydrogens (tertiary/aromatic N) is 2. The van der Waals surface area contributed by atoms with Gasteiger partial charge in [0.2, 0.25) is 5.91 Å². The van der Waals surface area contributed by atoms with Crippen molar-refractivity contribution in [2.24, 2.45) is 5.73 Å². The number of benzene rings is 2. The molecule has 0 bridgehead atoms. The van der Waals surface area contributed by atoms with Gasteiger partial charge in [-0.3, -0.25) is 4.79 Å². The lowest BCUT2D eigenvalue weighted by molar-refractivity contribution is -0.116. The molecule has 0 aliphatic heterocycles. The van der Waals surface area contributed by atoms with Gasteiger partial charge in [0.15, 0.2) is 0 Å². The van der Waals surface area contributed by atoms with Gasteiger partial charge in [-0.2, -0.15) is 0 Å². The Morgan fingerprint density at radius 2 is 2.00 bits per heavy atom. The summed E-state index contributed by atoms with van der Waals surface area (Å²) in [6.07, 6.45) is 0. The normalized spacial score (nSPS) is 10.9. The molecule has 2 aromatic carbocycles. The highest BCUT2D eigenvalue weighted by Gasteiger charge is 2.13. The number of nitrogens with two attached hydrogens (primary N) is 1. The van der Waals surface area contributed by atoms with Crippen LogP contribution in [0.4, 0.5) is 10.1 Å². The van der Waals surface area contributed by atoms with Gasteiger partial charge in [-0.25, -0.2) is 9.37 Å².